The number of likely N-dealkylation sites (tertiary alicyclic amines) is 2. The van der Waals surface area contributed by atoms with Crippen LogP contribution in [0.5, 0.6) is 0 Å². The number of aromatic nitrogens is 1. The summed E-state index contributed by atoms with van der Waals surface area (Å²) >= 11 is 0. The molecule has 6 nitrogen and oxygen atoms in total. The smallest absolute Gasteiger partial charge is 0.193 e. The van der Waals surface area contributed by atoms with Gasteiger partial charge in [0.05, 0.1) is 5.69 Å². The zero-order valence-corrected chi connectivity index (χ0v) is 14.6. The highest BCUT2D eigenvalue weighted by Gasteiger charge is 2.30. The highest BCUT2D eigenvalue weighted by Crippen LogP contribution is 2.20. The van der Waals surface area contributed by atoms with Crippen molar-refractivity contribution in [3.05, 3.63) is 17.0 Å². The van der Waals surface area contributed by atoms with Gasteiger partial charge in [0.25, 0.3) is 0 Å². The molecule has 0 aromatic carbocycles. The maximum absolute atomic E-state index is 5.23. The molecule has 3 rings (SSSR count). The number of hydrogen-bond acceptors (Lipinski definition) is 4. The number of aliphatic imine (C=N–C) groups is 1. The van der Waals surface area contributed by atoms with Gasteiger partial charge >= 0.3 is 0 Å². The Hall–Kier alpha value is -1.56. The van der Waals surface area contributed by atoms with Gasteiger partial charge in [-0.15, -0.1) is 0 Å². The van der Waals surface area contributed by atoms with Gasteiger partial charge < -0.3 is 14.7 Å². The Balaban J connectivity index is 1.49. The number of guanidine groups is 1. The molecule has 1 aromatic rings. The molecule has 2 saturated heterocycles. The maximum Gasteiger partial charge on any atom is 0.193 e. The average Bonchev–Trinajstić information content (AvgIpc) is 3.27. The van der Waals surface area contributed by atoms with Gasteiger partial charge in [0, 0.05) is 38.3 Å². The molecule has 0 bridgehead atoms. The molecule has 2 fully saturated rings. The first-order valence-corrected chi connectivity index (χ1v) is 8.80. The normalized spacial score (nSPS) is 23.0. The number of nitrogens with zero attached hydrogens (tertiary/aromatic N) is 4. The topological polar surface area (TPSA) is 56.9 Å². The lowest BCUT2D eigenvalue weighted by Gasteiger charge is -2.25. The molecule has 1 aromatic heterocycles. The number of hydrogen-bond donors (Lipinski definition) is 1. The number of rotatable bonds is 4. The van der Waals surface area contributed by atoms with Gasteiger partial charge in [-0.3, -0.25) is 9.89 Å². The van der Waals surface area contributed by atoms with E-state index in [4.69, 9.17) is 4.52 Å². The summed E-state index contributed by atoms with van der Waals surface area (Å²) in [5.74, 6) is 1.95. The van der Waals surface area contributed by atoms with Crippen molar-refractivity contribution in [2.45, 2.75) is 45.6 Å². The molecule has 1 atom stereocenters. The quantitative estimate of drug-likeness (QED) is 0.674. The Bertz CT molecular complexity index is 528. The second-order valence-corrected chi connectivity index (χ2v) is 6.66. The first kappa shape index (κ1) is 16.3. The molecule has 2 aliphatic heterocycles. The van der Waals surface area contributed by atoms with Gasteiger partial charge in [-0.2, -0.15) is 0 Å². The Morgan fingerprint density at radius 3 is 2.74 bits per heavy atom. The first-order valence-electron chi connectivity index (χ1n) is 8.80. The highest BCUT2D eigenvalue weighted by atomic mass is 16.5. The highest BCUT2D eigenvalue weighted by molar-refractivity contribution is 5.80. The Morgan fingerprint density at radius 1 is 1.30 bits per heavy atom. The van der Waals surface area contributed by atoms with E-state index in [1.165, 1.54) is 37.9 Å². The maximum atomic E-state index is 5.23. The summed E-state index contributed by atoms with van der Waals surface area (Å²) in [6.07, 6.45) is 4.90. The minimum absolute atomic E-state index is 0.707. The van der Waals surface area contributed by atoms with E-state index in [2.05, 4.69) is 25.3 Å². The molecule has 0 spiro atoms. The van der Waals surface area contributed by atoms with Crippen LogP contribution in [0.25, 0.3) is 0 Å². The van der Waals surface area contributed by atoms with Gasteiger partial charge in [-0.05, 0) is 52.6 Å². The SMILES string of the molecule is CN=C(NCCc1c(C)noc1C)N1CCC(N2CCCC2)C1. The van der Waals surface area contributed by atoms with Gasteiger partial charge in [0.1, 0.15) is 5.76 Å². The van der Waals surface area contributed by atoms with Crippen molar-refractivity contribution >= 4 is 5.96 Å². The Labute approximate surface area is 138 Å². The molecule has 0 aliphatic carbocycles. The van der Waals surface area contributed by atoms with Crippen LogP contribution in [0.3, 0.4) is 0 Å². The van der Waals surface area contributed by atoms with Gasteiger partial charge in [-0.1, -0.05) is 5.16 Å². The molecule has 0 saturated carbocycles. The summed E-state index contributed by atoms with van der Waals surface area (Å²) in [5, 5.41) is 7.52. The predicted molar refractivity (Wildman–Crippen MR) is 91.8 cm³/mol. The van der Waals surface area contributed by atoms with Crippen molar-refractivity contribution in [2.24, 2.45) is 4.99 Å². The fourth-order valence-corrected chi connectivity index (χ4v) is 3.83. The third kappa shape index (κ3) is 3.68. The van der Waals surface area contributed by atoms with E-state index in [1.807, 2.05) is 20.9 Å². The minimum Gasteiger partial charge on any atom is -0.361 e. The predicted octanol–water partition coefficient (Wildman–Crippen LogP) is 1.58. The summed E-state index contributed by atoms with van der Waals surface area (Å²) in [4.78, 5) is 9.52. The van der Waals surface area contributed by atoms with Gasteiger partial charge in [-0.25, -0.2) is 0 Å². The Kier molecular flexibility index (Phi) is 5.20. The second kappa shape index (κ2) is 7.34. The van der Waals surface area contributed by atoms with E-state index in [1.54, 1.807) is 0 Å². The molecule has 2 aliphatic rings. The lowest BCUT2D eigenvalue weighted by atomic mass is 10.1. The van der Waals surface area contributed by atoms with Crippen LogP contribution in [0, 0.1) is 13.8 Å². The van der Waals surface area contributed by atoms with E-state index in [0.717, 1.165) is 43.5 Å². The van der Waals surface area contributed by atoms with Crippen molar-refractivity contribution in [1.82, 2.24) is 20.3 Å². The Morgan fingerprint density at radius 2 is 2.09 bits per heavy atom. The fourth-order valence-electron chi connectivity index (χ4n) is 3.83. The lowest BCUT2D eigenvalue weighted by molar-refractivity contribution is 0.249. The van der Waals surface area contributed by atoms with Crippen LogP contribution in [-0.4, -0.2) is 66.7 Å². The molecule has 3 heterocycles. The molecule has 128 valence electrons. The lowest BCUT2D eigenvalue weighted by Crippen LogP contribution is -2.43. The van der Waals surface area contributed by atoms with Crippen LogP contribution in [-0.2, 0) is 6.42 Å². The molecular weight excluding hydrogens is 290 g/mol. The minimum atomic E-state index is 0.707. The molecule has 0 radical (unpaired) electrons. The van der Waals surface area contributed by atoms with Crippen molar-refractivity contribution in [2.75, 3.05) is 39.8 Å². The first-order chi connectivity index (χ1) is 11.2. The molecule has 6 heteroatoms. The molecule has 0 amide bonds. The van der Waals surface area contributed by atoms with Crippen molar-refractivity contribution in [1.29, 1.82) is 0 Å². The van der Waals surface area contributed by atoms with Crippen molar-refractivity contribution in [3.8, 4) is 0 Å². The van der Waals surface area contributed by atoms with E-state index in [-0.39, 0.29) is 0 Å². The summed E-state index contributed by atoms with van der Waals surface area (Å²) in [7, 11) is 1.88. The zero-order valence-electron chi connectivity index (χ0n) is 14.6. The van der Waals surface area contributed by atoms with E-state index >= 15 is 0 Å². The third-order valence-electron chi connectivity index (χ3n) is 5.17. The van der Waals surface area contributed by atoms with Crippen LogP contribution >= 0.6 is 0 Å². The van der Waals surface area contributed by atoms with Crippen molar-refractivity contribution in [3.63, 3.8) is 0 Å². The zero-order chi connectivity index (χ0) is 16.2. The molecule has 1 unspecified atom stereocenters. The van der Waals surface area contributed by atoms with Crippen LogP contribution in [0.1, 0.15) is 36.3 Å². The summed E-state index contributed by atoms with van der Waals surface area (Å²) in [6, 6.07) is 0.707. The number of nitrogens with one attached hydrogen (secondary N) is 1. The second-order valence-electron chi connectivity index (χ2n) is 6.66. The van der Waals surface area contributed by atoms with Crippen LogP contribution in [0.4, 0.5) is 0 Å². The molecule has 1 N–H and O–H groups in total. The summed E-state index contributed by atoms with van der Waals surface area (Å²) in [6.45, 7) is 9.60. The number of aryl methyl sites for hydroxylation is 2. The van der Waals surface area contributed by atoms with E-state index in [0.29, 0.717) is 6.04 Å². The average molecular weight is 319 g/mol. The summed E-state index contributed by atoms with van der Waals surface area (Å²) < 4.78 is 5.23. The fraction of sp³-hybridized carbons (Fsp3) is 0.765. The standard InChI is InChI=1S/C17H29N5O/c1-13-16(14(2)23-20-13)6-8-19-17(18-3)22-11-7-15(12-22)21-9-4-5-10-21/h15H,4-12H2,1-3H3,(H,18,19). The van der Waals surface area contributed by atoms with E-state index < -0.39 is 0 Å². The monoisotopic (exact) mass is 319 g/mol. The summed E-state index contributed by atoms with van der Waals surface area (Å²) in [5.41, 5.74) is 2.21. The molecule has 23 heavy (non-hydrogen) atoms. The van der Waals surface area contributed by atoms with Crippen LogP contribution < -0.4 is 5.32 Å². The van der Waals surface area contributed by atoms with Crippen molar-refractivity contribution < 1.29 is 4.52 Å². The largest absolute Gasteiger partial charge is 0.361 e. The van der Waals surface area contributed by atoms with Crippen LogP contribution in [0.2, 0.25) is 0 Å². The van der Waals surface area contributed by atoms with Crippen LogP contribution in [0.15, 0.2) is 9.52 Å². The van der Waals surface area contributed by atoms with Gasteiger partial charge in [0.15, 0.2) is 5.96 Å². The molecular formula is C17H29N5O. The van der Waals surface area contributed by atoms with Gasteiger partial charge in [0.2, 0.25) is 0 Å². The van der Waals surface area contributed by atoms with E-state index in [9.17, 15) is 0 Å². The third-order valence-corrected chi connectivity index (χ3v) is 5.17.